The van der Waals surface area contributed by atoms with Gasteiger partial charge >= 0.3 is 0 Å². The maximum Gasteiger partial charge on any atom is 0.243 e. The Kier molecular flexibility index (Phi) is 6.62. The average molecular weight is 474 g/mol. The molecule has 2 saturated heterocycles. The van der Waals surface area contributed by atoms with E-state index in [9.17, 15) is 9.18 Å². The van der Waals surface area contributed by atoms with E-state index in [1.54, 1.807) is 12.1 Å². The van der Waals surface area contributed by atoms with E-state index < -0.39 is 0 Å². The van der Waals surface area contributed by atoms with Crippen LogP contribution < -0.4 is 15.5 Å². The monoisotopic (exact) mass is 473 g/mol. The Bertz CT molecular complexity index is 1010. The van der Waals surface area contributed by atoms with Crippen LogP contribution in [0.4, 0.5) is 21.7 Å². The number of piperidine rings is 1. The van der Waals surface area contributed by atoms with Crippen molar-refractivity contribution in [3.8, 4) is 0 Å². The lowest BCUT2D eigenvalue weighted by Crippen LogP contribution is -2.50. The summed E-state index contributed by atoms with van der Waals surface area (Å²) in [5, 5.41) is 6.11. The number of nitrogens with one attached hydrogen (secondary N) is 2. The van der Waals surface area contributed by atoms with E-state index in [0.29, 0.717) is 11.5 Å². The number of amides is 1. The van der Waals surface area contributed by atoms with Gasteiger partial charge in [0, 0.05) is 38.8 Å². The third-order valence-electron chi connectivity index (χ3n) is 6.77. The number of halogens is 2. The number of hydrogen-bond donors (Lipinski definition) is 2. The van der Waals surface area contributed by atoms with E-state index in [2.05, 4.69) is 35.3 Å². The van der Waals surface area contributed by atoms with Crippen LogP contribution in [0.2, 0.25) is 5.02 Å². The molecular formula is C23H29ClFN7O. The van der Waals surface area contributed by atoms with Crippen LogP contribution in [0.5, 0.6) is 0 Å². The van der Waals surface area contributed by atoms with Crippen LogP contribution >= 0.6 is 11.6 Å². The molecule has 2 N–H and O–H groups in total. The number of rotatable bonds is 5. The van der Waals surface area contributed by atoms with Crippen molar-refractivity contribution in [3.63, 3.8) is 0 Å². The van der Waals surface area contributed by atoms with E-state index >= 15 is 0 Å². The van der Waals surface area contributed by atoms with Gasteiger partial charge < -0.3 is 20.4 Å². The Hall–Kier alpha value is -2.49. The highest BCUT2D eigenvalue weighted by atomic mass is 35.5. The molecule has 176 valence electrons. The van der Waals surface area contributed by atoms with Crippen LogP contribution in [-0.2, 0) is 4.79 Å². The average Bonchev–Trinajstić information content (AvgIpc) is 2.85. The summed E-state index contributed by atoms with van der Waals surface area (Å²) >= 11 is 5.97. The Labute approximate surface area is 198 Å². The minimum absolute atomic E-state index is 0.0939. The Balaban J connectivity index is 1.33. The summed E-state index contributed by atoms with van der Waals surface area (Å²) in [6, 6.07) is 5.30. The maximum atomic E-state index is 14.3. The number of likely N-dealkylation sites (tertiary alicyclic amines) is 1. The molecule has 0 spiro atoms. The lowest BCUT2D eigenvalue weighted by Gasteiger charge is -2.42. The van der Waals surface area contributed by atoms with Crippen LogP contribution in [0, 0.1) is 5.82 Å². The molecule has 3 aliphatic heterocycles. The van der Waals surface area contributed by atoms with Crippen molar-refractivity contribution in [1.29, 1.82) is 0 Å². The molecule has 2 fully saturated rings. The molecule has 1 unspecified atom stereocenters. The number of piperazine rings is 1. The topological polar surface area (TPSA) is 76.6 Å². The summed E-state index contributed by atoms with van der Waals surface area (Å²) in [5.74, 6) is 0.933. The van der Waals surface area contributed by atoms with Gasteiger partial charge in [-0.1, -0.05) is 24.1 Å². The molecular weight excluding hydrogens is 445 g/mol. The predicted octanol–water partition coefficient (Wildman–Crippen LogP) is 2.98. The molecule has 0 saturated carbocycles. The molecule has 33 heavy (non-hydrogen) atoms. The first-order valence-electron chi connectivity index (χ1n) is 11.6. The van der Waals surface area contributed by atoms with Gasteiger partial charge in [-0.05, 0) is 43.6 Å². The number of benzene rings is 1. The van der Waals surface area contributed by atoms with E-state index in [-0.39, 0.29) is 29.3 Å². The zero-order chi connectivity index (χ0) is 22.8. The largest absolute Gasteiger partial charge is 0.359 e. The molecule has 0 bridgehead atoms. The van der Waals surface area contributed by atoms with E-state index in [1.165, 1.54) is 25.6 Å². The molecule has 0 radical (unpaired) electrons. The number of carbonyl (C=O) groups excluding carboxylic acids is 1. The Morgan fingerprint density at radius 1 is 1.06 bits per heavy atom. The molecule has 4 heterocycles. The standard InChI is InChI=1S/C23H29ClFN7O/c24-17-5-4-16(12-18(17)25)19(14-30-6-2-1-3-7-30)31-8-10-32(11-9-31)23-21-22(27-15-28-23)26-13-20(33)29-21/h4-5,12,15,19H,1-3,6-11,13-14H2,(H,29,33)(H,26,27,28). The molecule has 5 rings (SSSR count). The fourth-order valence-electron chi connectivity index (χ4n) is 5.00. The predicted molar refractivity (Wildman–Crippen MR) is 127 cm³/mol. The van der Waals surface area contributed by atoms with Crippen molar-refractivity contribution in [2.24, 2.45) is 0 Å². The van der Waals surface area contributed by atoms with Gasteiger partial charge in [-0.15, -0.1) is 0 Å². The quantitative estimate of drug-likeness (QED) is 0.691. The van der Waals surface area contributed by atoms with Crippen molar-refractivity contribution in [2.45, 2.75) is 25.3 Å². The summed E-state index contributed by atoms with van der Waals surface area (Å²) in [6.07, 6.45) is 5.24. The molecule has 1 aromatic heterocycles. The fraction of sp³-hybridized carbons (Fsp3) is 0.522. The molecule has 1 aromatic carbocycles. The SMILES string of the molecule is O=C1CNc2ncnc(N3CCN(C(CN4CCCCC4)c4ccc(Cl)c(F)c4)CC3)c2N1. The number of carbonyl (C=O) groups is 1. The van der Waals surface area contributed by atoms with Crippen molar-refractivity contribution >= 4 is 34.8 Å². The third kappa shape index (κ3) is 4.90. The number of nitrogens with zero attached hydrogens (tertiary/aromatic N) is 5. The van der Waals surface area contributed by atoms with Gasteiger partial charge in [0.25, 0.3) is 0 Å². The number of fused-ring (bicyclic) bond motifs is 1. The van der Waals surface area contributed by atoms with Gasteiger partial charge in [-0.3, -0.25) is 9.69 Å². The second kappa shape index (κ2) is 9.79. The highest BCUT2D eigenvalue weighted by Gasteiger charge is 2.30. The van der Waals surface area contributed by atoms with Gasteiger partial charge in [-0.25, -0.2) is 14.4 Å². The van der Waals surface area contributed by atoms with Gasteiger partial charge in [0.2, 0.25) is 5.91 Å². The zero-order valence-corrected chi connectivity index (χ0v) is 19.3. The first kappa shape index (κ1) is 22.3. The molecule has 1 atom stereocenters. The first-order valence-corrected chi connectivity index (χ1v) is 12.0. The number of aromatic nitrogens is 2. The summed E-state index contributed by atoms with van der Waals surface area (Å²) in [4.78, 5) is 27.7. The zero-order valence-electron chi connectivity index (χ0n) is 18.6. The van der Waals surface area contributed by atoms with E-state index in [0.717, 1.165) is 57.2 Å². The Morgan fingerprint density at radius 3 is 2.61 bits per heavy atom. The second-order valence-electron chi connectivity index (χ2n) is 8.90. The third-order valence-corrected chi connectivity index (χ3v) is 7.08. The van der Waals surface area contributed by atoms with Gasteiger partial charge in [0.15, 0.2) is 11.6 Å². The summed E-state index contributed by atoms with van der Waals surface area (Å²) in [7, 11) is 0. The molecule has 1 amide bonds. The number of hydrogen-bond acceptors (Lipinski definition) is 7. The van der Waals surface area contributed by atoms with Crippen molar-refractivity contribution in [3.05, 3.63) is 40.9 Å². The normalized spacial score (nSPS) is 20.7. The van der Waals surface area contributed by atoms with E-state index in [4.69, 9.17) is 11.6 Å². The maximum absolute atomic E-state index is 14.3. The fourth-order valence-corrected chi connectivity index (χ4v) is 5.11. The molecule has 2 aromatic rings. The van der Waals surface area contributed by atoms with Crippen molar-refractivity contribution in [2.75, 3.05) is 67.9 Å². The highest BCUT2D eigenvalue weighted by Crippen LogP contribution is 2.33. The molecule has 0 aliphatic carbocycles. The molecule has 10 heteroatoms. The van der Waals surface area contributed by atoms with Crippen molar-refractivity contribution in [1.82, 2.24) is 19.8 Å². The van der Waals surface area contributed by atoms with Gasteiger partial charge in [-0.2, -0.15) is 0 Å². The van der Waals surface area contributed by atoms with Gasteiger partial charge in [0.1, 0.15) is 17.8 Å². The summed E-state index contributed by atoms with van der Waals surface area (Å²) < 4.78 is 14.3. The van der Waals surface area contributed by atoms with Crippen LogP contribution in [0.15, 0.2) is 24.5 Å². The lowest BCUT2D eigenvalue weighted by atomic mass is 10.0. The van der Waals surface area contributed by atoms with Crippen LogP contribution in [0.3, 0.4) is 0 Å². The van der Waals surface area contributed by atoms with Crippen LogP contribution in [0.1, 0.15) is 30.9 Å². The highest BCUT2D eigenvalue weighted by molar-refractivity contribution is 6.30. The van der Waals surface area contributed by atoms with Crippen LogP contribution in [0.25, 0.3) is 0 Å². The van der Waals surface area contributed by atoms with E-state index in [1.807, 2.05) is 6.07 Å². The first-order chi connectivity index (χ1) is 16.1. The minimum atomic E-state index is -0.368. The van der Waals surface area contributed by atoms with Crippen molar-refractivity contribution < 1.29 is 9.18 Å². The van der Waals surface area contributed by atoms with Gasteiger partial charge in [0.05, 0.1) is 11.6 Å². The second-order valence-corrected chi connectivity index (χ2v) is 9.30. The summed E-state index contributed by atoms with van der Waals surface area (Å²) in [6.45, 7) is 6.40. The minimum Gasteiger partial charge on any atom is -0.359 e. The summed E-state index contributed by atoms with van der Waals surface area (Å²) in [5.41, 5.74) is 1.61. The number of anilines is 3. The lowest BCUT2D eigenvalue weighted by molar-refractivity contribution is -0.114. The Morgan fingerprint density at radius 2 is 1.85 bits per heavy atom. The van der Waals surface area contributed by atoms with Crippen LogP contribution in [-0.4, -0.2) is 78.0 Å². The smallest absolute Gasteiger partial charge is 0.243 e. The molecule has 8 nitrogen and oxygen atoms in total. The molecule has 3 aliphatic rings.